The Labute approximate surface area is 142 Å². The summed E-state index contributed by atoms with van der Waals surface area (Å²) in [4.78, 5) is 11.3. The number of hydrogen-bond acceptors (Lipinski definition) is 3. The van der Waals surface area contributed by atoms with Gasteiger partial charge in [-0.05, 0) is 42.7 Å². The predicted molar refractivity (Wildman–Crippen MR) is 93.9 cm³/mol. The number of anilines is 1. The maximum Gasteiger partial charge on any atom is 0.324 e. The Morgan fingerprint density at radius 3 is 2.04 bits per heavy atom. The van der Waals surface area contributed by atoms with Gasteiger partial charge in [0, 0.05) is 0 Å². The molecule has 0 saturated heterocycles. The van der Waals surface area contributed by atoms with Crippen molar-refractivity contribution in [2.75, 3.05) is 10.8 Å². The number of hydrogen-bond donors (Lipinski definition) is 1. The fraction of sp³-hybridized carbons (Fsp3) is 0.278. The van der Waals surface area contributed by atoms with Crippen molar-refractivity contribution in [2.24, 2.45) is 0 Å². The Morgan fingerprint density at radius 1 is 1.04 bits per heavy atom. The highest BCUT2D eigenvalue weighted by Gasteiger charge is 2.27. The molecule has 2 aromatic rings. The lowest BCUT2D eigenvalue weighted by atomic mass is 10.0. The van der Waals surface area contributed by atoms with E-state index in [4.69, 9.17) is 5.11 Å². The Bertz CT molecular complexity index is 809. The van der Waals surface area contributed by atoms with Gasteiger partial charge in [-0.15, -0.1) is 0 Å². The largest absolute Gasteiger partial charge is 0.480 e. The Morgan fingerprint density at radius 2 is 1.58 bits per heavy atom. The molecule has 128 valence electrons. The van der Waals surface area contributed by atoms with E-state index in [1.165, 1.54) is 12.1 Å². The molecular formula is C18H21NO4S. The lowest BCUT2D eigenvalue weighted by Crippen LogP contribution is -2.35. The first-order valence-corrected chi connectivity index (χ1v) is 9.07. The van der Waals surface area contributed by atoms with Gasteiger partial charge in [0.2, 0.25) is 0 Å². The first kappa shape index (κ1) is 18.0. The molecular weight excluding hydrogens is 326 g/mol. The van der Waals surface area contributed by atoms with Gasteiger partial charge < -0.3 is 5.11 Å². The van der Waals surface area contributed by atoms with Crippen LogP contribution < -0.4 is 4.31 Å². The van der Waals surface area contributed by atoms with Crippen LogP contribution in [-0.4, -0.2) is 26.0 Å². The molecule has 24 heavy (non-hydrogen) atoms. The summed E-state index contributed by atoms with van der Waals surface area (Å²) in [6.07, 6.45) is 0. The van der Waals surface area contributed by atoms with Gasteiger partial charge in [-0.2, -0.15) is 0 Å². The molecule has 0 saturated carbocycles. The van der Waals surface area contributed by atoms with E-state index in [2.05, 4.69) is 0 Å². The lowest BCUT2D eigenvalue weighted by Gasteiger charge is -2.23. The van der Waals surface area contributed by atoms with Gasteiger partial charge in [0.05, 0.1) is 10.6 Å². The van der Waals surface area contributed by atoms with Crippen LogP contribution in [0.3, 0.4) is 0 Å². The third kappa shape index (κ3) is 3.94. The molecule has 1 N–H and O–H groups in total. The van der Waals surface area contributed by atoms with Crippen molar-refractivity contribution in [3.63, 3.8) is 0 Å². The number of nitrogens with zero attached hydrogens (tertiary/aromatic N) is 1. The second kappa shape index (κ2) is 7.05. The number of carboxylic acids is 1. The smallest absolute Gasteiger partial charge is 0.324 e. The monoisotopic (exact) mass is 347 g/mol. The van der Waals surface area contributed by atoms with E-state index in [9.17, 15) is 13.2 Å². The molecule has 0 fully saturated rings. The van der Waals surface area contributed by atoms with Gasteiger partial charge in [0.1, 0.15) is 6.54 Å². The van der Waals surface area contributed by atoms with Crippen LogP contribution in [0.25, 0.3) is 0 Å². The highest BCUT2D eigenvalue weighted by atomic mass is 32.2. The highest BCUT2D eigenvalue weighted by molar-refractivity contribution is 7.92. The third-order valence-electron chi connectivity index (χ3n) is 3.74. The molecule has 0 aromatic heterocycles. The summed E-state index contributed by atoms with van der Waals surface area (Å²) in [5, 5.41) is 9.14. The SMILES string of the molecule is Cc1ccc(S(=O)(=O)N(CC(=O)O)c2ccc(C(C)C)cc2)cc1. The molecule has 0 spiro atoms. The second-order valence-corrected chi connectivity index (χ2v) is 7.83. The lowest BCUT2D eigenvalue weighted by molar-refractivity contribution is -0.135. The van der Waals surface area contributed by atoms with Crippen molar-refractivity contribution in [3.8, 4) is 0 Å². The molecule has 2 aromatic carbocycles. The molecule has 0 bridgehead atoms. The first-order valence-electron chi connectivity index (χ1n) is 7.63. The molecule has 0 radical (unpaired) electrons. The minimum atomic E-state index is -3.95. The van der Waals surface area contributed by atoms with E-state index in [0.717, 1.165) is 15.4 Å². The maximum atomic E-state index is 12.9. The third-order valence-corrected chi connectivity index (χ3v) is 5.52. The molecule has 0 unspecified atom stereocenters. The summed E-state index contributed by atoms with van der Waals surface area (Å²) < 4.78 is 26.6. The topological polar surface area (TPSA) is 74.7 Å². The zero-order valence-corrected chi connectivity index (χ0v) is 14.7. The fourth-order valence-electron chi connectivity index (χ4n) is 2.30. The summed E-state index contributed by atoms with van der Waals surface area (Å²) in [5.41, 5.74) is 2.32. The van der Waals surface area contributed by atoms with Crippen LogP contribution in [0, 0.1) is 6.92 Å². The van der Waals surface area contributed by atoms with E-state index in [1.807, 2.05) is 32.9 Å². The van der Waals surface area contributed by atoms with Crippen molar-refractivity contribution >= 4 is 21.7 Å². The maximum absolute atomic E-state index is 12.9. The minimum absolute atomic E-state index is 0.0716. The summed E-state index contributed by atoms with van der Waals surface area (Å²) in [6, 6.07) is 13.3. The second-order valence-electron chi connectivity index (χ2n) is 5.96. The zero-order valence-electron chi connectivity index (χ0n) is 13.9. The van der Waals surface area contributed by atoms with Crippen molar-refractivity contribution < 1.29 is 18.3 Å². The summed E-state index contributed by atoms with van der Waals surface area (Å²) in [7, 11) is -3.95. The van der Waals surface area contributed by atoms with Gasteiger partial charge in [0.15, 0.2) is 0 Å². The van der Waals surface area contributed by atoms with Crippen molar-refractivity contribution in [3.05, 3.63) is 59.7 Å². The van der Waals surface area contributed by atoms with E-state index in [-0.39, 0.29) is 4.90 Å². The number of aryl methyl sites for hydroxylation is 1. The molecule has 0 aliphatic rings. The average molecular weight is 347 g/mol. The number of rotatable bonds is 6. The van der Waals surface area contributed by atoms with E-state index < -0.39 is 22.5 Å². The van der Waals surface area contributed by atoms with Crippen LogP contribution in [0.1, 0.15) is 30.9 Å². The summed E-state index contributed by atoms with van der Waals surface area (Å²) in [5.74, 6) is -0.903. The van der Waals surface area contributed by atoms with Gasteiger partial charge in [-0.3, -0.25) is 9.10 Å². The van der Waals surface area contributed by atoms with Crippen LogP contribution in [0.4, 0.5) is 5.69 Å². The predicted octanol–water partition coefficient (Wildman–Crippen LogP) is 3.40. The molecule has 0 heterocycles. The highest BCUT2D eigenvalue weighted by Crippen LogP contribution is 2.26. The molecule has 0 amide bonds. The molecule has 5 nitrogen and oxygen atoms in total. The molecule has 0 aliphatic carbocycles. The van der Waals surface area contributed by atoms with Crippen molar-refractivity contribution in [1.82, 2.24) is 0 Å². The molecule has 0 aliphatic heterocycles. The molecule has 0 atom stereocenters. The van der Waals surface area contributed by atoms with Gasteiger partial charge >= 0.3 is 5.97 Å². The van der Waals surface area contributed by atoms with Gasteiger partial charge in [-0.25, -0.2) is 8.42 Å². The van der Waals surface area contributed by atoms with Crippen molar-refractivity contribution in [1.29, 1.82) is 0 Å². The van der Waals surface area contributed by atoms with Crippen LogP contribution >= 0.6 is 0 Å². The number of sulfonamides is 1. The van der Waals surface area contributed by atoms with E-state index >= 15 is 0 Å². The Balaban J connectivity index is 2.47. The van der Waals surface area contributed by atoms with E-state index in [1.54, 1.807) is 24.3 Å². The minimum Gasteiger partial charge on any atom is -0.480 e. The number of carboxylic acid groups (broad SMARTS) is 1. The Kier molecular flexibility index (Phi) is 5.29. The quantitative estimate of drug-likeness (QED) is 0.869. The normalized spacial score (nSPS) is 11.5. The van der Waals surface area contributed by atoms with Gasteiger partial charge in [-0.1, -0.05) is 43.7 Å². The summed E-state index contributed by atoms with van der Waals surface area (Å²) >= 11 is 0. The number of aliphatic carboxylic acids is 1. The summed E-state index contributed by atoms with van der Waals surface area (Å²) in [6.45, 7) is 5.30. The van der Waals surface area contributed by atoms with Crippen LogP contribution in [-0.2, 0) is 14.8 Å². The average Bonchev–Trinajstić information content (AvgIpc) is 2.53. The van der Waals surface area contributed by atoms with Crippen molar-refractivity contribution in [2.45, 2.75) is 31.6 Å². The first-order chi connectivity index (χ1) is 11.2. The molecule has 2 rings (SSSR count). The standard InChI is InChI=1S/C18H21NO4S/c1-13(2)15-6-8-16(9-7-15)19(12-18(20)21)24(22,23)17-10-4-14(3)5-11-17/h4-11,13H,12H2,1-3H3,(H,20,21). The van der Waals surface area contributed by atoms with E-state index in [0.29, 0.717) is 11.6 Å². The van der Waals surface area contributed by atoms with Crippen LogP contribution in [0.2, 0.25) is 0 Å². The Hall–Kier alpha value is -2.34. The number of carbonyl (C=O) groups is 1. The number of benzene rings is 2. The van der Waals surface area contributed by atoms with Gasteiger partial charge in [0.25, 0.3) is 10.0 Å². The fourth-order valence-corrected chi connectivity index (χ4v) is 3.72. The molecule has 6 heteroatoms. The zero-order chi connectivity index (χ0) is 17.9. The van der Waals surface area contributed by atoms with Crippen LogP contribution in [0.15, 0.2) is 53.4 Å². The van der Waals surface area contributed by atoms with Crippen LogP contribution in [0.5, 0.6) is 0 Å².